The monoisotopic (exact) mass is 277 g/mol. The number of fused-ring (bicyclic) bond motifs is 1. The molecular formula is C12H11N3O3S. The smallest absolute Gasteiger partial charge is 0.236 e. The van der Waals surface area contributed by atoms with Gasteiger partial charge >= 0.3 is 0 Å². The van der Waals surface area contributed by atoms with E-state index < -0.39 is 0 Å². The number of amidine groups is 1. The van der Waals surface area contributed by atoms with E-state index in [1.165, 1.54) is 11.8 Å². The summed E-state index contributed by atoms with van der Waals surface area (Å²) in [7, 11) is 0. The molecule has 2 aliphatic rings. The van der Waals surface area contributed by atoms with Gasteiger partial charge in [-0.15, -0.1) is 5.10 Å². The maximum Gasteiger partial charge on any atom is 0.236 e. The van der Waals surface area contributed by atoms with Crippen molar-refractivity contribution in [2.24, 2.45) is 10.2 Å². The highest BCUT2D eigenvalue weighted by atomic mass is 32.2. The Morgan fingerprint density at radius 1 is 1.26 bits per heavy atom. The minimum atomic E-state index is -0.0433. The molecule has 1 aromatic carbocycles. The lowest BCUT2D eigenvalue weighted by Gasteiger charge is -2.18. The molecule has 0 radical (unpaired) electrons. The standard InChI is InChI=1S/C12H11N3O3S/c16-11-7-19-12(14-11)15-13-6-8-1-2-9-10(5-8)18-4-3-17-9/h1-2,5-6H,3-4,7H2,(H,14,15,16). The molecular weight excluding hydrogens is 266 g/mol. The van der Waals surface area contributed by atoms with Gasteiger partial charge in [-0.3, -0.25) is 4.79 Å². The molecule has 3 rings (SSSR count). The molecule has 0 unspecified atom stereocenters. The Balaban J connectivity index is 1.71. The molecule has 0 bridgehead atoms. The molecule has 0 spiro atoms. The second kappa shape index (κ2) is 5.31. The summed E-state index contributed by atoms with van der Waals surface area (Å²) in [6, 6.07) is 5.56. The molecule has 0 aromatic heterocycles. The molecule has 0 aliphatic carbocycles. The van der Waals surface area contributed by atoms with Crippen LogP contribution in [0.5, 0.6) is 11.5 Å². The fraction of sp³-hybridized carbons (Fsp3) is 0.250. The van der Waals surface area contributed by atoms with Gasteiger partial charge < -0.3 is 14.8 Å². The van der Waals surface area contributed by atoms with E-state index in [-0.39, 0.29) is 5.91 Å². The molecule has 6 nitrogen and oxygen atoms in total. The Kier molecular flexibility index (Phi) is 3.37. The first-order valence-corrected chi connectivity index (χ1v) is 6.73. The molecule has 1 amide bonds. The van der Waals surface area contributed by atoms with Crippen LogP contribution >= 0.6 is 11.8 Å². The van der Waals surface area contributed by atoms with Gasteiger partial charge in [-0.05, 0) is 23.8 Å². The van der Waals surface area contributed by atoms with E-state index in [1.54, 1.807) is 6.21 Å². The van der Waals surface area contributed by atoms with E-state index >= 15 is 0 Å². The summed E-state index contributed by atoms with van der Waals surface area (Å²) in [6.45, 7) is 1.13. The molecule has 1 fully saturated rings. The zero-order valence-corrected chi connectivity index (χ0v) is 10.8. The van der Waals surface area contributed by atoms with Crippen LogP contribution in [0.15, 0.2) is 28.4 Å². The zero-order chi connectivity index (χ0) is 13.1. The summed E-state index contributed by atoms with van der Waals surface area (Å²) >= 11 is 1.34. The van der Waals surface area contributed by atoms with E-state index in [0.29, 0.717) is 29.9 Å². The molecule has 0 atom stereocenters. The second-order valence-electron chi connectivity index (χ2n) is 3.89. The molecule has 0 saturated carbocycles. The average molecular weight is 277 g/mol. The Bertz CT molecular complexity index is 571. The van der Waals surface area contributed by atoms with Crippen LogP contribution in [-0.4, -0.2) is 36.3 Å². The topological polar surface area (TPSA) is 72.3 Å². The fourth-order valence-corrected chi connectivity index (χ4v) is 2.30. The van der Waals surface area contributed by atoms with Crippen molar-refractivity contribution in [3.05, 3.63) is 23.8 Å². The van der Waals surface area contributed by atoms with Gasteiger partial charge in [-0.1, -0.05) is 11.8 Å². The number of carbonyl (C=O) groups excluding carboxylic acids is 1. The van der Waals surface area contributed by atoms with Crippen LogP contribution in [0.25, 0.3) is 0 Å². The van der Waals surface area contributed by atoms with E-state index in [9.17, 15) is 4.79 Å². The van der Waals surface area contributed by atoms with Crippen LogP contribution < -0.4 is 14.8 Å². The Morgan fingerprint density at radius 3 is 2.89 bits per heavy atom. The van der Waals surface area contributed by atoms with Crippen LogP contribution in [0, 0.1) is 0 Å². The maximum atomic E-state index is 11.0. The highest BCUT2D eigenvalue weighted by molar-refractivity contribution is 8.15. The molecule has 19 heavy (non-hydrogen) atoms. The Labute approximate surface area is 113 Å². The third-order valence-corrected chi connectivity index (χ3v) is 3.37. The quantitative estimate of drug-likeness (QED) is 0.647. The lowest BCUT2D eigenvalue weighted by Crippen LogP contribution is -2.19. The molecule has 98 valence electrons. The molecule has 1 aromatic rings. The highest BCUT2D eigenvalue weighted by Crippen LogP contribution is 2.30. The number of nitrogens with zero attached hydrogens (tertiary/aromatic N) is 2. The zero-order valence-electron chi connectivity index (χ0n) is 9.96. The summed E-state index contributed by atoms with van der Waals surface area (Å²) in [6.07, 6.45) is 1.61. The highest BCUT2D eigenvalue weighted by Gasteiger charge is 2.16. The van der Waals surface area contributed by atoms with Crippen molar-refractivity contribution < 1.29 is 14.3 Å². The number of thioether (sulfide) groups is 1. The fourth-order valence-electron chi connectivity index (χ4n) is 1.67. The Hall–Kier alpha value is -2.02. The summed E-state index contributed by atoms with van der Waals surface area (Å²) in [5.41, 5.74) is 0.864. The van der Waals surface area contributed by atoms with Gasteiger partial charge in [0.15, 0.2) is 16.7 Å². The number of ether oxygens (including phenoxy) is 2. The number of rotatable bonds is 2. The summed E-state index contributed by atoms with van der Waals surface area (Å²) in [4.78, 5) is 11.0. The van der Waals surface area contributed by atoms with E-state index in [1.807, 2.05) is 18.2 Å². The molecule has 7 heteroatoms. The van der Waals surface area contributed by atoms with Gasteiger partial charge in [0.05, 0.1) is 12.0 Å². The van der Waals surface area contributed by atoms with Crippen molar-refractivity contribution in [1.82, 2.24) is 5.32 Å². The van der Waals surface area contributed by atoms with Crippen LogP contribution in [0.1, 0.15) is 5.56 Å². The van der Waals surface area contributed by atoms with Crippen molar-refractivity contribution in [2.75, 3.05) is 19.0 Å². The van der Waals surface area contributed by atoms with Gasteiger partial charge in [0.2, 0.25) is 5.91 Å². The average Bonchev–Trinajstić information content (AvgIpc) is 2.84. The number of amides is 1. The van der Waals surface area contributed by atoms with Crippen LogP contribution in [-0.2, 0) is 4.79 Å². The van der Waals surface area contributed by atoms with Gasteiger partial charge in [0.25, 0.3) is 0 Å². The second-order valence-corrected chi connectivity index (χ2v) is 4.85. The van der Waals surface area contributed by atoms with Gasteiger partial charge in [0.1, 0.15) is 13.2 Å². The third-order valence-electron chi connectivity index (χ3n) is 2.51. The lowest BCUT2D eigenvalue weighted by molar-refractivity contribution is -0.116. The lowest BCUT2D eigenvalue weighted by atomic mass is 10.2. The minimum absolute atomic E-state index is 0.0433. The predicted molar refractivity (Wildman–Crippen MR) is 73.1 cm³/mol. The van der Waals surface area contributed by atoms with Crippen molar-refractivity contribution in [2.45, 2.75) is 0 Å². The van der Waals surface area contributed by atoms with Crippen LogP contribution in [0.3, 0.4) is 0 Å². The van der Waals surface area contributed by atoms with Crippen LogP contribution in [0.2, 0.25) is 0 Å². The minimum Gasteiger partial charge on any atom is -0.486 e. The van der Waals surface area contributed by atoms with E-state index in [4.69, 9.17) is 9.47 Å². The summed E-state index contributed by atoms with van der Waals surface area (Å²) in [5.74, 6) is 1.82. The SMILES string of the molecule is O=C1CSC(=NN=Cc2ccc3c(c2)OCCO3)N1. The van der Waals surface area contributed by atoms with Crippen molar-refractivity contribution >= 4 is 29.1 Å². The first kappa shape index (κ1) is 12.0. The maximum absolute atomic E-state index is 11.0. The Morgan fingerprint density at radius 2 is 2.11 bits per heavy atom. The van der Waals surface area contributed by atoms with Crippen LogP contribution in [0.4, 0.5) is 0 Å². The normalized spacial score (nSPS) is 20.0. The number of hydrogen-bond donors (Lipinski definition) is 1. The third kappa shape index (κ3) is 2.87. The van der Waals surface area contributed by atoms with Crippen molar-refractivity contribution in [3.63, 3.8) is 0 Å². The number of benzene rings is 1. The largest absolute Gasteiger partial charge is 0.486 e. The summed E-state index contributed by atoms with van der Waals surface area (Å²) in [5, 5.41) is 11.0. The molecule has 2 heterocycles. The summed E-state index contributed by atoms with van der Waals surface area (Å²) < 4.78 is 10.9. The van der Waals surface area contributed by atoms with Crippen molar-refractivity contribution in [3.8, 4) is 11.5 Å². The number of carbonyl (C=O) groups is 1. The molecule has 2 aliphatic heterocycles. The van der Waals surface area contributed by atoms with Gasteiger partial charge in [-0.2, -0.15) is 5.10 Å². The molecule has 1 saturated heterocycles. The van der Waals surface area contributed by atoms with Crippen molar-refractivity contribution in [1.29, 1.82) is 0 Å². The predicted octanol–water partition coefficient (Wildman–Crippen LogP) is 1.01. The first-order chi connectivity index (χ1) is 9.31. The van der Waals surface area contributed by atoms with E-state index in [2.05, 4.69) is 15.5 Å². The first-order valence-electron chi connectivity index (χ1n) is 5.74. The number of hydrogen-bond acceptors (Lipinski definition) is 6. The molecule has 1 N–H and O–H groups in total. The number of nitrogens with one attached hydrogen (secondary N) is 1. The van der Waals surface area contributed by atoms with E-state index in [0.717, 1.165) is 11.3 Å². The van der Waals surface area contributed by atoms with Gasteiger partial charge in [-0.25, -0.2) is 0 Å². The van der Waals surface area contributed by atoms with Gasteiger partial charge in [0, 0.05) is 0 Å².